The molecule has 2 saturated carbocycles. The summed E-state index contributed by atoms with van der Waals surface area (Å²) >= 11 is 13.7. The van der Waals surface area contributed by atoms with Crippen LogP contribution in [0.2, 0.25) is 10.0 Å². The van der Waals surface area contributed by atoms with E-state index in [1.54, 1.807) is 48.1 Å². The minimum atomic E-state index is -0.293. The van der Waals surface area contributed by atoms with Gasteiger partial charge in [0.05, 0.1) is 16.4 Å². The van der Waals surface area contributed by atoms with E-state index in [1.807, 2.05) is 19.9 Å². The number of carbonyl (C=O) groups excluding carboxylic acids is 2. The zero-order chi connectivity index (χ0) is 29.5. The van der Waals surface area contributed by atoms with Crippen LogP contribution in [0.25, 0.3) is 0 Å². The van der Waals surface area contributed by atoms with Gasteiger partial charge >= 0.3 is 0 Å². The number of Topliss-reactive ketones (excluding diaryl/α,β-unsaturated/α-hetero) is 1. The monoisotopic (exact) mass is 606 g/mol. The fraction of sp³-hybridized carbons (Fsp3) is 0.375. The molecule has 10 heteroatoms. The zero-order valence-corrected chi connectivity index (χ0v) is 25.3. The van der Waals surface area contributed by atoms with E-state index in [0.717, 1.165) is 42.7 Å². The SMILES string of the molecule is Cc1noc(C)c1CN(Cc1c(Cl)ccc(C(=O)c2c(C3CC3)nn(C)c2OCC(=O)c2ccccc2)c1Cl)C1CC1. The molecule has 2 fully saturated rings. The Morgan fingerprint density at radius 3 is 2.38 bits per heavy atom. The van der Waals surface area contributed by atoms with Crippen molar-refractivity contribution in [2.45, 2.75) is 64.6 Å². The van der Waals surface area contributed by atoms with Gasteiger partial charge in [-0.25, -0.2) is 4.68 Å². The summed E-state index contributed by atoms with van der Waals surface area (Å²) < 4.78 is 12.9. The van der Waals surface area contributed by atoms with Crippen LogP contribution in [-0.4, -0.2) is 44.1 Å². The molecule has 0 unspecified atom stereocenters. The van der Waals surface area contributed by atoms with E-state index < -0.39 is 0 Å². The van der Waals surface area contributed by atoms with Crippen molar-refractivity contribution in [1.82, 2.24) is 19.8 Å². The maximum atomic E-state index is 14.2. The largest absolute Gasteiger partial charge is 0.469 e. The van der Waals surface area contributed by atoms with Gasteiger partial charge in [-0.3, -0.25) is 14.5 Å². The van der Waals surface area contributed by atoms with Gasteiger partial charge in [-0.2, -0.15) is 5.10 Å². The summed E-state index contributed by atoms with van der Waals surface area (Å²) in [6.45, 7) is 4.77. The molecule has 218 valence electrons. The van der Waals surface area contributed by atoms with Crippen LogP contribution in [0.15, 0.2) is 47.0 Å². The van der Waals surface area contributed by atoms with E-state index >= 15 is 0 Å². The standard InChI is InChI=1S/C32H32Cl2N4O4/c1-18-24(19(2)42-36-18)15-38(22-11-12-22)16-25-26(33)14-13-23(29(25)34)31(40)28-30(21-9-10-21)35-37(3)32(28)41-17-27(39)20-7-5-4-6-8-20/h4-8,13-14,21-22H,9-12,15-17H2,1-3H3. The second-order valence-corrected chi connectivity index (χ2v) is 12.0. The van der Waals surface area contributed by atoms with Crippen molar-refractivity contribution in [1.29, 1.82) is 0 Å². The summed E-state index contributed by atoms with van der Waals surface area (Å²) in [5, 5.41) is 9.56. The Kier molecular flexibility index (Phi) is 7.96. The average Bonchev–Trinajstić information content (AvgIpc) is 3.92. The summed E-state index contributed by atoms with van der Waals surface area (Å²) in [6, 6.07) is 12.7. The predicted molar refractivity (Wildman–Crippen MR) is 160 cm³/mol. The Bertz CT molecular complexity index is 1640. The van der Waals surface area contributed by atoms with Gasteiger partial charge in [0.25, 0.3) is 0 Å². The molecule has 0 saturated heterocycles. The van der Waals surface area contributed by atoms with E-state index in [4.69, 9.17) is 32.5 Å². The summed E-state index contributed by atoms with van der Waals surface area (Å²) in [7, 11) is 1.72. The molecule has 2 aromatic heterocycles. The highest BCUT2D eigenvalue weighted by Gasteiger charge is 2.37. The lowest BCUT2D eigenvalue weighted by atomic mass is 9.99. The molecule has 4 aromatic rings. The van der Waals surface area contributed by atoms with Crippen molar-refractivity contribution in [3.63, 3.8) is 0 Å². The summed E-state index contributed by atoms with van der Waals surface area (Å²) in [5.41, 5.74) is 4.51. The first-order valence-electron chi connectivity index (χ1n) is 14.2. The number of ether oxygens (including phenoxy) is 1. The first-order chi connectivity index (χ1) is 20.2. The zero-order valence-electron chi connectivity index (χ0n) is 23.8. The summed E-state index contributed by atoms with van der Waals surface area (Å²) in [5.74, 6) is 0.744. The number of aromatic nitrogens is 3. The number of rotatable bonds is 12. The van der Waals surface area contributed by atoms with Crippen LogP contribution in [-0.2, 0) is 20.1 Å². The van der Waals surface area contributed by atoms with Gasteiger partial charge in [0, 0.05) is 59.4 Å². The van der Waals surface area contributed by atoms with Crippen molar-refractivity contribution < 1.29 is 18.8 Å². The smallest absolute Gasteiger partial charge is 0.223 e. The van der Waals surface area contributed by atoms with Crippen molar-refractivity contribution in [3.05, 3.63) is 97.5 Å². The third kappa shape index (κ3) is 5.76. The number of hydrogen-bond donors (Lipinski definition) is 0. The molecular weight excluding hydrogens is 575 g/mol. The van der Waals surface area contributed by atoms with Crippen molar-refractivity contribution >= 4 is 34.8 Å². The Labute approximate surface area is 254 Å². The van der Waals surface area contributed by atoms with E-state index in [2.05, 4.69) is 15.2 Å². The molecule has 0 atom stereocenters. The van der Waals surface area contributed by atoms with Gasteiger partial charge in [0.2, 0.25) is 11.7 Å². The highest BCUT2D eigenvalue weighted by Crippen LogP contribution is 2.45. The van der Waals surface area contributed by atoms with E-state index in [1.165, 1.54) is 0 Å². The molecule has 2 aliphatic carbocycles. The summed E-state index contributed by atoms with van der Waals surface area (Å²) in [6.07, 6.45) is 4.05. The molecule has 0 spiro atoms. The molecule has 42 heavy (non-hydrogen) atoms. The molecule has 0 aliphatic heterocycles. The number of ketones is 2. The topological polar surface area (TPSA) is 90.5 Å². The van der Waals surface area contributed by atoms with Crippen LogP contribution >= 0.6 is 23.2 Å². The summed E-state index contributed by atoms with van der Waals surface area (Å²) in [4.78, 5) is 29.3. The number of nitrogens with zero attached hydrogens (tertiary/aromatic N) is 4. The minimum Gasteiger partial charge on any atom is -0.469 e. The Morgan fingerprint density at radius 1 is 1.02 bits per heavy atom. The fourth-order valence-electron chi connectivity index (χ4n) is 5.33. The lowest BCUT2D eigenvalue weighted by Crippen LogP contribution is -2.26. The van der Waals surface area contributed by atoms with Crippen LogP contribution in [0.1, 0.15) is 86.2 Å². The number of halogens is 2. The van der Waals surface area contributed by atoms with Gasteiger partial charge < -0.3 is 9.26 Å². The quantitative estimate of drug-likeness (QED) is 0.163. The van der Waals surface area contributed by atoms with E-state index in [9.17, 15) is 9.59 Å². The molecule has 2 aliphatic rings. The number of hydrogen-bond acceptors (Lipinski definition) is 7. The molecule has 2 aromatic carbocycles. The van der Waals surface area contributed by atoms with Crippen LogP contribution in [0.5, 0.6) is 5.88 Å². The van der Waals surface area contributed by atoms with Gasteiger partial charge in [0.1, 0.15) is 11.3 Å². The first kappa shape index (κ1) is 28.6. The highest BCUT2D eigenvalue weighted by atomic mass is 35.5. The van der Waals surface area contributed by atoms with Crippen molar-refractivity contribution in [2.75, 3.05) is 6.61 Å². The maximum absolute atomic E-state index is 14.2. The Hall–Kier alpha value is -3.46. The molecule has 0 radical (unpaired) electrons. The third-order valence-electron chi connectivity index (χ3n) is 8.05. The van der Waals surface area contributed by atoms with Crippen molar-refractivity contribution in [3.8, 4) is 5.88 Å². The van der Waals surface area contributed by atoms with Crippen LogP contribution in [0.4, 0.5) is 0 Å². The molecule has 2 heterocycles. The predicted octanol–water partition coefficient (Wildman–Crippen LogP) is 6.87. The molecule has 8 nitrogen and oxygen atoms in total. The van der Waals surface area contributed by atoms with Crippen LogP contribution < -0.4 is 4.74 Å². The second-order valence-electron chi connectivity index (χ2n) is 11.2. The maximum Gasteiger partial charge on any atom is 0.223 e. The average molecular weight is 608 g/mol. The Morgan fingerprint density at radius 2 is 1.74 bits per heavy atom. The molecule has 0 amide bonds. The molecule has 0 bridgehead atoms. The highest BCUT2D eigenvalue weighted by molar-refractivity contribution is 6.39. The number of aryl methyl sites for hydroxylation is 3. The van der Waals surface area contributed by atoms with Gasteiger partial charge in [-0.15, -0.1) is 0 Å². The lowest BCUT2D eigenvalue weighted by Gasteiger charge is -2.24. The minimum absolute atomic E-state index is 0.170. The van der Waals surface area contributed by atoms with E-state index in [0.29, 0.717) is 57.1 Å². The third-order valence-corrected chi connectivity index (χ3v) is 8.83. The number of benzene rings is 2. The van der Waals surface area contributed by atoms with Crippen molar-refractivity contribution in [2.24, 2.45) is 7.05 Å². The normalized spacial score (nSPS) is 14.9. The Balaban J connectivity index is 1.31. The molecular formula is C32H32Cl2N4O4. The van der Waals surface area contributed by atoms with Gasteiger partial charge in [0.15, 0.2) is 12.4 Å². The van der Waals surface area contributed by atoms with Crippen LogP contribution in [0.3, 0.4) is 0 Å². The van der Waals surface area contributed by atoms with Gasteiger partial charge in [-0.05, 0) is 51.7 Å². The molecule has 0 N–H and O–H groups in total. The van der Waals surface area contributed by atoms with Gasteiger partial charge in [-0.1, -0.05) is 58.7 Å². The number of carbonyl (C=O) groups is 2. The second kappa shape index (κ2) is 11.7. The lowest BCUT2D eigenvalue weighted by molar-refractivity contribution is 0.0908. The van der Waals surface area contributed by atoms with E-state index in [-0.39, 0.29) is 30.0 Å². The first-order valence-corrected chi connectivity index (χ1v) is 14.9. The molecule has 6 rings (SSSR count). The van der Waals surface area contributed by atoms with Crippen LogP contribution in [0, 0.1) is 13.8 Å². The fourth-order valence-corrected chi connectivity index (χ4v) is 5.91.